The summed E-state index contributed by atoms with van der Waals surface area (Å²) in [4.78, 5) is 18.2. The van der Waals surface area contributed by atoms with E-state index in [1.807, 2.05) is 55.6 Å². The first-order valence-corrected chi connectivity index (χ1v) is 9.35. The number of halogens is 1. The Balaban J connectivity index is 1.48. The third kappa shape index (κ3) is 4.11. The van der Waals surface area contributed by atoms with Crippen molar-refractivity contribution in [2.24, 2.45) is 0 Å². The van der Waals surface area contributed by atoms with Gasteiger partial charge in [0.15, 0.2) is 0 Å². The molecule has 7 heteroatoms. The Labute approximate surface area is 163 Å². The summed E-state index contributed by atoms with van der Waals surface area (Å²) in [6.45, 7) is 5.57. The van der Waals surface area contributed by atoms with E-state index in [0.717, 1.165) is 49.2 Å². The van der Waals surface area contributed by atoms with Crippen LogP contribution in [0.1, 0.15) is 5.69 Å². The van der Waals surface area contributed by atoms with E-state index in [0.29, 0.717) is 11.0 Å². The number of aromatic nitrogens is 3. The van der Waals surface area contributed by atoms with Crippen molar-refractivity contribution in [1.29, 1.82) is 0 Å². The van der Waals surface area contributed by atoms with Crippen LogP contribution in [-0.4, -0.2) is 41.1 Å². The molecule has 0 bridgehead atoms. The molecule has 1 N–H and O–H groups in total. The number of nitrogens with zero attached hydrogens (tertiary/aromatic N) is 5. The second-order valence-corrected chi connectivity index (χ2v) is 6.87. The molecule has 4 rings (SSSR count). The van der Waals surface area contributed by atoms with E-state index >= 15 is 0 Å². The van der Waals surface area contributed by atoms with Crippen molar-refractivity contribution >= 4 is 34.9 Å². The fraction of sp³-hybridized carbons (Fsp3) is 0.250. The molecule has 0 saturated carbocycles. The van der Waals surface area contributed by atoms with Gasteiger partial charge in [-0.15, -0.1) is 0 Å². The number of benzene rings is 1. The molecule has 1 aliphatic heterocycles. The summed E-state index contributed by atoms with van der Waals surface area (Å²) in [5.74, 6) is 2.51. The number of hydrogen-bond donors (Lipinski definition) is 1. The van der Waals surface area contributed by atoms with Gasteiger partial charge in [-0.3, -0.25) is 0 Å². The Morgan fingerprint density at radius 3 is 2.30 bits per heavy atom. The highest BCUT2D eigenvalue weighted by molar-refractivity contribution is 6.33. The number of para-hydroxylation sites is 1. The monoisotopic (exact) mass is 380 g/mol. The van der Waals surface area contributed by atoms with Gasteiger partial charge in [0.05, 0.1) is 10.7 Å². The van der Waals surface area contributed by atoms with E-state index in [1.54, 1.807) is 0 Å². The average Bonchev–Trinajstić information content (AvgIpc) is 2.70. The van der Waals surface area contributed by atoms with Crippen LogP contribution in [0.25, 0.3) is 0 Å². The molecule has 0 unspecified atom stereocenters. The Morgan fingerprint density at radius 1 is 0.889 bits per heavy atom. The molecular formula is C20H21ClN6. The van der Waals surface area contributed by atoms with Crippen molar-refractivity contribution in [1.82, 2.24) is 15.0 Å². The Bertz CT molecular complexity index is 909. The normalized spacial score (nSPS) is 14.3. The lowest BCUT2D eigenvalue weighted by Gasteiger charge is -2.36. The van der Waals surface area contributed by atoms with Crippen molar-refractivity contribution in [3.63, 3.8) is 0 Å². The second-order valence-electron chi connectivity index (χ2n) is 6.46. The van der Waals surface area contributed by atoms with Crippen molar-refractivity contribution in [3.8, 4) is 0 Å². The predicted molar refractivity (Wildman–Crippen MR) is 110 cm³/mol. The fourth-order valence-electron chi connectivity index (χ4n) is 3.16. The molecule has 0 atom stereocenters. The lowest BCUT2D eigenvalue weighted by Crippen LogP contribution is -2.47. The van der Waals surface area contributed by atoms with E-state index in [1.165, 1.54) is 0 Å². The molecule has 1 saturated heterocycles. The van der Waals surface area contributed by atoms with Gasteiger partial charge in [0.1, 0.15) is 11.6 Å². The topological polar surface area (TPSA) is 57.2 Å². The first-order chi connectivity index (χ1) is 13.2. The Kier molecular flexibility index (Phi) is 5.07. The van der Waals surface area contributed by atoms with Crippen LogP contribution in [0.4, 0.5) is 23.3 Å². The molecule has 0 aliphatic carbocycles. The highest BCUT2D eigenvalue weighted by atomic mass is 35.5. The van der Waals surface area contributed by atoms with Crippen LogP contribution >= 0.6 is 11.6 Å². The first-order valence-electron chi connectivity index (χ1n) is 8.97. The average molecular weight is 381 g/mol. The second kappa shape index (κ2) is 7.80. The van der Waals surface area contributed by atoms with Gasteiger partial charge in [-0.05, 0) is 31.2 Å². The lowest BCUT2D eigenvalue weighted by atomic mass is 10.3. The van der Waals surface area contributed by atoms with Crippen LogP contribution in [0.5, 0.6) is 0 Å². The first kappa shape index (κ1) is 17.5. The van der Waals surface area contributed by atoms with Crippen molar-refractivity contribution in [2.45, 2.75) is 6.92 Å². The van der Waals surface area contributed by atoms with Crippen LogP contribution in [0.3, 0.4) is 0 Å². The van der Waals surface area contributed by atoms with E-state index in [-0.39, 0.29) is 0 Å². The van der Waals surface area contributed by atoms with Crippen LogP contribution in [-0.2, 0) is 0 Å². The van der Waals surface area contributed by atoms with Crippen molar-refractivity contribution in [3.05, 3.63) is 65.4 Å². The van der Waals surface area contributed by atoms with E-state index in [4.69, 9.17) is 16.6 Å². The third-order valence-corrected chi connectivity index (χ3v) is 4.87. The molecule has 0 radical (unpaired) electrons. The van der Waals surface area contributed by atoms with Crippen LogP contribution < -0.4 is 15.1 Å². The summed E-state index contributed by atoms with van der Waals surface area (Å²) in [6.07, 6.45) is 1.84. The molecule has 3 aromatic rings. The number of rotatable bonds is 4. The highest BCUT2D eigenvalue weighted by Gasteiger charge is 2.20. The van der Waals surface area contributed by atoms with E-state index in [9.17, 15) is 0 Å². The van der Waals surface area contributed by atoms with Crippen LogP contribution in [0.15, 0.2) is 54.7 Å². The zero-order chi connectivity index (χ0) is 18.6. The van der Waals surface area contributed by atoms with Gasteiger partial charge in [-0.1, -0.05) is 29.8 Å². The number of aryl methyl sites for hydroxylation is 1. The summed E-state index contributed by atoms with van der Waals surface area (Å²) >= 11 is 6.24. The Hall–Kier alpha value is -2.86. The predicted octanol–water partition coefficient (Wildman–Crippen LogP) is 3.90. The number of anilines is 4. The van der Waals surface area contributed by atoms with Gasteiger partial charge < -0.3 is 15.1 Å². The van der Waals surface area contributed by atoms with E-state index < -0.39 is 0 Å². The van der Waals surface area contributed by atoms with Gasteiger partial charge in [0.2, 0.25) is 5.95 Å². The molecular weight excluding hydrogens is 360 g/mol. The molecule has 0 amide bonds. The molecule has 3 heterocycles. The summed E-state index contributed by atoms with van der Waals surface area (Å²) in [7, 11) is 0. The summed E-state index contributed by atoms with van der Waals surface area (Å²) in [5.41, 5.74) is 1.72. The van der Waals surface area contributed by atoms with Gasteiger partial charge in [0, 0.05) is 44.1 Å². The maximum atomic E-state index is 6.24. The standard InChI is InChI=1S/C20H21ClN6/c1-15-14-19(25-20(23-15)24-17-7-3-2-6-16(17)21)27-12-10-26(11-13-27)18-8-4-5-9-22-18/h2-9,14H,10-13H2,1H3,(H,23,24,25). The molecule has 27 heavy (non-hydrogen) atoms. The molecule has 1 aromatic carbocycles. The van der Waals surface area contributed by atoms with Gasteiger partial charge in [-0.25, -0.2) is 9.97 Å². The number of hydrogen-bond acceptors (Lipinski definition) is 6. The molecule has 2 aromatic heterocycles. The number of piperazine rings is 1. The quantitative estimate of drug-likeness (QED) is 0.740. The van der Waals surface area contributed by atoms with Crippen LogP contribution in [0.2, 0.25) is 5.02 Å². The summed E-state index contributed by atoms with van der Waals surface area (Å²) < 4.78 is 0. The largest absolute Gasteiger partial charge is 0.353 e. The number of nitrogens with one attached hydrogen (secondary N) is 1. The summed E-state index contributed by atoms with van der Waals surface area (Å²) in [6, 6.07) is 15.6. The molecule has 0 spiro atoms. The maximum Gasteiger partial charge on any atom is 0.229 e. The minimum atomic E-state index is 0.560. The van der Waals surface area contributed by atoms with Gasteiger partial charge in [0.25, 0.3) is 0 Å². The SMILES string of the molecule is Cc1cc(N2CCN(c3ccccn3)CC2)nc(Nc2ccccc2Cl)n1. The summed E-state index contributed by atoms with van der Waals surface area (Å²) in [5, 5.41) is 3.87. The molecule has 1 fully saturated rings. The lowest BCUT2D eigenvalue weighted by molar-refractivity contribution is 0.641. The van der Waals surface area contributed by atoms with Gasteiger partial charge in [-0.2, -0.15) is 4.98 Å². The number of pyridine rings is 1. The zero-order valence-corrected chi connectivity index (χ0v) is 15.9. The van der Waals surface area contributed by atoms with Crippen LogP contribution in [0, 0.1) is 6.92 Å². The van der Waals surface area contributed by atoms with Crippen molar-refractivity contribution in [2.75, 3.05) is 41.3 Å². The molecule has 1 aliphatic rings. The smallest absolute Gasteiger partial charge is 0.229 e. The zero-order valence-electron chi connectivity index (χ0n) is 15.1. The minimum Gasteiger partial charge on any atom is -0.353 e. The fourth-order valence-corrected chi connectivity index (χ4v) is 3.34. The van der Waals surface area contributed by atoms with Crippen molar-refractivity contribution < 1.29 is 0 Å². The van der Waals surface area contributed by atoms with E-state index in [2.05, 4.69) is 31.2 Å². The highest BCUT2D eigenvalue weighted by Crippen LogP contribution is 2.25. The molecule has 138 valence electrons. The Morgan fingerprint density at radius 2 is 1.59 bits per heavy atom. The van der Waals surface area contributed by atoms with Gasteiger partial charge >= 0.3 is 0 Å². The molecule has 6 nitrogen and oxygen atoms in total. The minimum absolute atomic E-state index is 0.560. The maximum absolute atomic E-state index is 6.24. The third-order valence-electron chi connectivity index (χ3n) is 4.54.